The Bertz CT molecular complexity index is 228. The Hall–Kier alpha value is -0.343. The van der Waals surface area contributed by atoms with Crippen molar-refractivity contribution in [2.75, 3.05) is 0 Å². The van der Waals surface area contributed by atoms with E-state index < -0.39 is 8.32 Å². The summed E-state index contributed by atoms with van der Waals surface area (Å²) in [6.45, 7) is 12.6. The summed E-state index contributed by atoms with van der Waals surface area (Å²) >= 11 is 0. The lowest BCUT2D eigenvalue weighted by Crippen LogP contribution is -2.39. The van der Waals surface area contributed by atoms with Crippen LogP contribution in [0.5, 0.6) is 0 Å². The Kier molecular flexibility index (Phi) is 2.59. The number of hydrogen-bond donors (Lipinski definition) is 0. The zero-order valence-corrected chi connectivity index (χ0v) is 9.48. The maximum atomic E-state index is 6.02. The Balaban J connectivity index is 2.82. The summed E-state index contributed by atoms with van der Waals surface area (Å²) in [5.41, 5.74) is 2.46. The first-order valence-electron chi connectivity index (χ1n) is 4.42. The van der Waals surface area contributed by atoms with E-state index in [1.807, 2.05) is 6.92 Å². The Morgan fingerprint density at radius 2 is 2.25 bits per heavy atom. The molecule has 0 saturated heterocycles. The summed E-state index contributed by atoms with van der Waals surface area (Å²) in [5, 5.41) is 0. The van der Waals surface area contributed by atoms with Crippen molar-refractivity contribution in [1.29, 1.82) is 0 Å². The molecule has 0 fully saturated rings. The van der Waals surface area contributed by atoms with Crippen molar-refractivity contribution in [3.8, 4) is 0 Å². The smallest absolute Gasteiger partial charge is 0.191 e. The van der Waals surface area contributed by atoms with Crippen LogP contribution in [0.4, 0.5) is 0 Å². The van der Waals surface area contributed by atoms with Gasteiger partial charge >= 0.3 is 0 Å². The van der Waals surface area contributed by atoms with Crippen molar-refractivity contribution in [3.63, 3.8) is 0 Å². The van der Waals surface area contributed by atoms with Crippen LogP contribution in [0.1, 0.15) is 13.8 Å². The number of allylic oxidation sites excluding steroid dienone is 1. The summed E-state index contributed by atoms with van der Waals surface area (Å²) in [6, 6.07) is 1.14. The zero-order chi connectivity index (χ0) is 9.35. The van der Waals surface area contributed by atoms with Crippen molar-refractivity contribution in [3.05, 3.63) is 23.8 Å². The predicted octanol–water partition coefficient (Wildman–Crippen LogP) is 3.11. The van der Waals surface area contributed by atoms with E-state index in [4.69, 9.17) is 4.43 Å². The third-order valence-corrected chi connectivity index (χ3v) is 4.27. The van der Waals surface area contributed by atoms with Crippen LogP contribution in [-0.4, -0.2) is 14.4 Å². The van der Waals surface area contributed by atoms with Crippen LogP contribution in [0.15, 0.2) is 23.8 Å². The quantitative estimate of drug-likeness (QED) is 0.447. The molecule has 0 aromatic heterocycles. The zero-order valence-electron chi connectivity index (χ0n) is 8.48. The standard InChI is InChI=1S/C10H18OSi/c1-8(2)10-9(3)6-7-12(4,5)11-10/h6,10H,1,7H2,2-5H3/t10-/m0/s1. The van der Waals surface area contributed by atoms with Gasteiger partial charge in [-0.3, -0.25) is 0 Å². The summed E-state index contributed by atoms with van der Waals surface area (Å²) in [4.78, 5) is 0. The van der Waals surface area contributed by atoms with E-state index in [0.29, 0.717) is 0 Å². The highest BCUT2D eigenvalue weighted by Crippen LogP contribution is 2.28. The van der Waals surface area contributed by atoms with E-state index in [9.17, 15) is 0 Å². The average Bonchev–Trinajstić information content (AvgIpc) is 1.94. The van der Waals surface area contributed by atoms with Gasteiger partial charge in [0, 0.05) is 0 Å². The molecular weight excluding hydrogens is 164 g/mol. The monoisotopic (exact) mass is 182 g/mol. The lowest BCUT2D eigenvalue weighted by Gasteiger charge is -2.34. The van der Waals surface area contributed by atoms with Crippen molar-refractivity contribution in [1.82, 2.24) is 0 Å². The summed E-state index contributed by atoms with van der Waals surface area (Å²) in [6.07, 6.45) is 2.51. The topological polar surface area (TPSA) is 9.23 Å². The third kappa shape index (κ3) is 2.08. The van der Waals surface area contributed by atoms with E-state index in [1.165, 1.54) is 5.57 Å². The molecule has 0 spiro atoms. The van der Waals surface area contributed by atoms with Gasteiger partial charge in [0.2, 0.25) is 0 Å². The molecule has 1 rings (SSSR count). The molecule has 0 amide bonds. The highest BCUT2D eigenvalue weighted by molar-refractivity contribution is 6.71. The molecule has 2 heteroatoms. The van der Waals surface area contributed by atoms with Crippen LogP contribution in [-0.2, 0) is 4.43 Å². The molecule has 0 unspecified atom stereocenters. The fraction of sp³-hybridized carbons (Fsp3) is 0.600. The molecule has 0 N–H and O–H groups in total. The van der Waals surface area contributed by atoms with Gasteiger partial charge in [0.05, 0.1) is 6.10 Å². The molecule has 12 heavy (non-hydrogen) atoms. The van der Waals surface area contributed by atoms with Gasteiger partial charge in [0.15, 0.2) is 8.32 Å². The normalized spacial score (nSPS) is 28.0. The molecule has 0 aromatic carbocycles. The maximum Gasteiger partial charge on any atom is 0.191 e. The molecule has 1 aliphatic rings. The molecule has 0 aromatic rings. The predicted molar refractivity (Wildman–Crippen MR) is 55.7 cm³/mol. The molecule has 1 nitrogen and oxygen atoms in total. The second-order valence-electron chi connectivity index (χ2n) is 4.26. The van der Waals surface area contributed by atoms with Gasteiger partial charge < -0.3 is 4.43 Å². The highest BCUT2D eigenvalue weighted by atomic mass is 28.4. The Labute approximate surface area is 76.3 Å². The van der Waals surface area contributed by atoms with Crippen molar-refractivity contribution < 1.29 is 4.43 Å². The summed E-state index contributed by atoms with van der Waals surface area (Å²) in [7, 11) is -1.40. The fourth-order valence-corrected chi connectivity index (χ4v) is 3.40. The van der Waals surface area contributed by atoms with Gasteiger partial charge in [-0.15, -0.1) is 0 Å². The molecule has 68 valence electrons. The lowest BCUT2D eigenvalue weighted by molar-refractivity contribution is 0.256. The van der Waals surface area contributed by atoms with Gasteiger partial charge in [-0.2, -0.15) is 0 Å². The van der Waals surface area contributed by atoms with Gasteiger partial charge in [0.25, 0.3) is 0 Å². The van der Waals surface area contributed by atoms with E-state index in [-0.39, 0.29) is 6.10 Å². The molecule has 1 heterocycles. The fourth-order valence-electron chi connectivity index (χ4n) is 1.46. The molecule has 0 bridgehead atoms. The summed E-state index contributed by atoms with van der Waals surface area (Å²) < 4.78 is 6.02. The minimum atomic E-state index is -1.40. The van der Waals surface area contributed by atoms with Crippen LogP contribution < -0.4 is 0 Å². The number of hydrogen-bond acceptors (Lipinski definition) is 1. The second kappa shape index (κ2) is 3.19. The first kappa shape index (κ1) is 9.74. The van der Waals surface area contributed by atoms with E-state index in [1.54, 1.807) is 0 Å². The van der Waals surface area contributed by atoms with Crippen molar-refractivity contribution >= 4 is 8.32 Å². The van der Waals surface area contributed by atoms with Crippen molar-refractivity contribution in [2.45, 2.75) is 39.1 Å². The van der Waals surface area contributed by atoms with Crippen LogP contribution in [0.25, 0.3) is 0 Å². The average molecular weight is 182 g/mol. The molecule has 0 saturated carbocycles. The van der Waals surface area contributed by atoms with E-state index in [2.05, 4.69) is 32.7 Å². The maximum absolute atomic E-state index is 6.02. The van der Waals surface area contributed by atoms with E-state index in [0.717, 1.165) is 11.6 Å². The van der Waals surface area contributed by atoms with Crippen molar-refractivity contribution in [2.24, 2.45) is 0 Å². The van der Waals surface area contributed by atoms with E-state index >= 15 is 0 Å². The minimum absolute atomic E-state index is 0.195. The molecule has 1 aliphatic heterocycles. The largest absolute Gasteiger partial charge is 0.407 e. The Morgan fingerprint density at radius 3 is 2.67 bits per heavy atom. The molecule has 0 radical (unpaired) electrons. The third-order valence-electron chi connectivity index (χ3n) is 2.21. The SMILES string of the molecule is C=C(C)[C@@H]1O[Si](C)(C)CC=C1C. The molecule has 1 atom stereocenters. The van der Waals surface area contributed by atoms with Crippen LogP contribution in [0.2, 0.25) is 19.1 Å². The summed E-state index contributed by atoms with van der Waals surface area (Å²) in [5.74, 6) is 0. The number of rotatable bonds is 1. The van der Waals surface area contributed by atoms with Gasteiger partial charge in [-0.25, -0.2) is 0 Å². The Morgan fingerprint density at radius 1 is 1.67 bits per heavy atom. The van der Waals surface area contributed by atoms with Gasteiger partial charge in [0.1, 0.15) is 0 Å². The van der Waals surface area contributed by atoms with Gasteiger partial charge in [-0.1, -0.05) is 12.7 Å². The van der Waals surface area contributed by atoms with Gasteiger partial charge in [-0.05, 0) is 44.1 Å². The lowest BCUT2D eigenvalue weighted by atomic mass is 10.1. The minimum Gasteiger partial charge on any atom is -0.407 e. The van der Waals surface area contributed by atoms with Crippen LogP contribution in [0.3, 0.4) is 0 Å². The first-order valence-corrected chi connectivity index (χ1v) is 7.54. The van der Waals surface area contributed by atoms with Crippen LogP contribution >= 0.6 is 0 Å². The first-order chi connectivity index (χ1) is 5.42. The highest BCUT2D eigenvalue weighted by Gasteiger charge is 2.30. The van der Waals surface area contributed by atoms with Crippen LogP contribution in [0, 0.1) is 0 Å². The second-order valence-corrected chi connectivity index (χ2v) is 8.42. The molecule has 0 aliphatic carbocycles. The molecular formula is C10H18OSi.